The summed E-state index contributed by atoms with van der Waals surface area (Å²) >= 11 is 7.34. The second-order valence-electron chi connectivity index (χ2n) is 5.13. The molecule has 0 spiro atoms. The van der Waals surface area contributed by atoms with Crippen molar-refractivity contribution >= 4 is 28.8 Å². The predicted octanol–water partition coefficient (Wildman–Crippen LogP) is 4.29. The zero-order valence-corrected chi connectivity index (χ0v) is 14.0. The monoisotopic (exact) mass is 353 g/mol. The maximum absolute atomic E-state index is 6.10. The van der Waals surface area contributed by atoms with E-state index in [0.29, 0.717) is 16.0 Å². The predicted molar refractivity (Wildman–Crippen MR) is 97.3 cm³/mol. The molecule has 0 aliphatic rings. The van der Waals surface area contributed by atoms with Gasteiger partial charge >= 0.3 is 0 Å². The molecule has 0 aliphatic heterocycles. The van der Waals surface area contributed by atoms with Crippen molar-refractivity contribution in [2.24, 2.45) is 0 Å². The first kappa shape index (κ1) is 14.9. The molecule has 0 saturated heterocycles. The normalized spacial score (nSPS) is 10.9. The minimum Gasteiger partial charge on any atom is -0.383 e. The quantitative estimate of drug-likeness (QED) is 0.596. The third-order valence-electron chi connectivity index (χ3n) is 3.49. The highest BCUT2D eigenvalue weighted by Crippen LogP contribution is 2.29. The van der Waals surface area contributed by atoms with Crippen LogP contribution in [0.15, 0.2) is 60.7 Å². The fourth-order valence-corrected chi connectivity index (χ4v) is 3.26. The molecule has 0 aliphatic carbocycles. The van der Waals surface area contributed by atoms with E-state index in [0.717, 1.165) is 21.8 Å². The largest absolute Gasteiger partial charge is 0.383 e. The van der Waals surface area contributed by atoms with Gasteiger partial charge in [-0.3, -0.25) is 0 Å². The minimum atomic E-state index is 0.521. The molecule has 0 fully saturated rings. The molecule has 2 N–H and O–H groups in total. The van der Waals surface area contributed by atoms with E-state index in [1.807, 2.05) is 60.7 Å². The maximum Gasteiger partial charge on any atom is 0.235 e. The van der Waals surface area contributed by atoms with Gasteiger partial charge in [-0.05, 0) is 12.1 Å². The van der Waals surface area contributed by atoms with E-state index < -0.39 is 0 Å². The van der Waals surface area contributed by atoms with Crippen molar-refractivity contribution in [3.05, 3.63) is 65.7 Å². The summed E-state index contributed by atoms with van der Waals surface area (Å²) in [7, 11) is 0. The van der Waals surface area contributed by atoms with E-state index >= 15 is 0 Å². The second-order valence-corrected chi connectivity index (χ2v) is 6.52. The van der Waals surface area contributed by atoms with Crippen LogP contribution in [0.2, 0.25) is 5.02 Å². The molecule has 5 nitrogen and oxygen atoms in total. The van der Waals surface area contributed by atoms with Crippen molar-refractivity contribution < 1.29 is 0 Å². The van der Waals surface area contributed by atoms with Crippen LogP contribution in [-0.2, 0) is 0 Å². The van der Waals surface area contributed by atoms with Gasteiger partial charge in [-0.25, -0.2) is 0 Å². The number of anilines is 1. The number of hydrogen-bond acceptors (Lipinski definition) is 5. The Morgan fingerprint density at radius 1 is 0.917 bits per heavy atom. The van der Waals surface area contributed by atoms with Crippen LogP contribution in [0, 0.1) is 0 Å². The second kappa shape index (κ2) is 6.07. The van der Waals surface area contributed by atoms with Crippen LogP contribution >= 0.6 is 22.9 Å². The smallest absolute Gasteiger partial charge is 0.235 e. The number of nitrogens with two attached hydrogens (primary N) is 1. The third-order valence-corrected chi connectivity index (χ3v) is 4.69. The molecule has 0 amide bonds. The van der Waals surface area contributed by atoms with Crippen LogP contribution in [0.1, 0.15) is 0 Å². The SMILES string of the molecule is Nc1cc(-c2ccccc2)nn1-c1nnc(-c2ccc(Cl)cc2)s1. The Bertz CT molecular complexity index is 976. The summed E-state index contributed by atoms with van der Waals surface area (Å²) in [6, 6.07) is 19.2. The van der Waals surface area contributed by atoms with Crippen molar-refractivity contribution in [3.8, 4) is 27.0 Å². The molecule has 0 saturated carbocycles. The Hall–Kier alpha value is -2.70. The van der Waals surface area contributed by atoms with E-state index in [4.69, 9.17) is 17.3 Å². The van der Waals surface area contributed by atoms with Crippen LogP contribution in [0.4, 0.5) is 5.82 Å². The fraction of sp³-hybridized carbons (Fsp3) is 0. The molecule has 7 heteroatoms. The summed E-state index contributed by atoms with van der Waals surface area (Å²) in [4.78, 5) is 0. The highest BCUT2D eigenvalue weighted by atomic mass is 35.5. The molecule has 0 unspecified atom stereocenters. The van der Waals surface area contributed by atoms with Gasteiger partial charge in [-0.15, -0.1) is 10.2 Å². The Balaban J connectivity index is 1.70. The first-order valence-corrected chi connectivity index (χ1v) is 8.41. The number of halogens is 1. The molecule has 2 heterocycles. The lowest BCUT2D eigenvalue weighted by Gasteiger charge is -1.97. The van der Waals surface area contributed by atoms with E-state index in [1.54, 1.807) is 4.68 Å². The average molecular weight is 354 g/mol. The summed E-state index contributed by atoms with van der Waals surface area (Å²) in [6.07, 6.45) is 0. The zero-order valence-electron chi connectivity index (χ0n) is 12.4. The lowest BCUT2D eigenvalue weighted by molar-refractivity contribution is 0.859. The van der Waals surface area contributed by atoms with Crippen LogP contribution < -0.4 is 5.73 Å². The fourth-order valence-electron chi connectivity index (χ4n) is 2.31. The lowest BCUT2D eigenvalue weighted by Crippen LogP contribution is -2.01. The Kier molecular flexibility index (Phi) is 3.76. The third kappa shape index (κ3) is 2.77. The summed E-state index contributed by atoms with van der Waals surface area (Å²) < 4.78 is 1.61. The van der Waals surface area contributed by atoms with Crippen LogP contribution in [0.3, 0.4) is 0 Å². The Labute approximate surface area is 147 Å². The van der Waals surface area contributed by atoms with Crippen molar-refractivity contribution in [2.45, 2.75) is 0 Å². The standard InChI is InChI=1S/C17H12ClN5S/c18-13-8-6-12(7-9-13)16-20-21-17(24-16)23-15(19)10-14(22-23)11-4-2-1-3-5-11/h1-10H,19H2. The lowest BCUT2D eigenvalue weighted by atomic mass is 10.2. The molecule has 24 heavy (non-hydrogen) atoms. The number of nitrogens with zero attached hydrogens (tertiary/aromatic N) is 4. The van der Waals surface area contributed by atoms with E-state index in [2.05, 4.69) is 15.3 Å². The van der Waals surface area contributed by atoms with Crippen molar-refractivity contribution in [1.29, 1.82) is 0 Å². The molecular weight excluding hydrogens is 342 g/mol. The van der Waals surface area contributed by atoms with Crippen molar-refractivity contribution in [3.63, 3.8) is 0 Å². The first-order chi connectivity index (χ1) is 11.7. The topological polar surface area (TPSA) is 69.6 Å². The molecule has 2 aromatic heterocycles. The molecule has 4 aromatic rings. The molecule has 0 radical (unpaired) electrons. The van der Waals surface area contributed by atoms with Gasteiger partial charge in [0.25, 0.3) is 0 Å². The highest BCUT2D eigenvalue weighted by molar-refractivity contribution is 7.17. The molecule has 0 atom stereocenters. The van der Waals surface area contributed by atoms with Gasteiger partial charge in [-0.2, -0.15) is 9.78 Å². The average Bonchev–Trinajstić information content (AvgIpc) is 3.23. The van der Waals surface area contributed by atoms with E-state index in [1.165, 1.54) is 11.3 Å². The number of rotatable bonds is 3. The van der Waals surface area contributed by atoms with Crippen LogP contribution in [-0.4, -0.2) is 20.0 Å². The van der Waals surface area contributed by atoms with Crippen LogP contribution in [0.5, 0.6) is 0 Å². The molecular formula is C17H12ClN5S. The highest BCUT2D eigenvalue weighted by Gasteiger charge is 2.14. The van der Waals surface area contributed by atoms with E-state index in [-0.39, 0.29) is 0 Å². The Morgan fingerprint density at radius 2 is 1.67 bits per heavy atom. The van der Waals surface area contributed by atoms with Gasteiger partial charge in [0.1, 0.15) is 10.8 Å². The van der Waals surface area contributed by atoms with Gasteiger partial charge in [-0.1, -0.05) is 65.4 Å². The van der Waals surface area contributed by atoms with Gasteiger partial charge in [0, 0.05) is 22.2 Å². The Morgan fingerprint density at radius 3 is 2.42 bits per heavy atom. The number of benzene rings is 2. The van der Waals surface area contributed by atoms with Crippen LogP contribution in [0.25, 0.3) is 27.0 Å². The van der Waals surface area contributed by atoms with Crippen molar-refractivity contribution in [2.75, 3.05) is 5.73 Å². The summed E-state index contributed by atoms with van der Waals surface area (Å²) in [6.45, 7) is 0. The molecule has 118 valence electrons. The van der Waals surface area contributed by atoms with Gasteiger partial charge in [0.15, 0.2) is 0 Å². The van der Waals surface area contributed by atoms with Gasteiger partial charge in [0.05, 0.1) is 5.69 Å². The summed E-state index contributed by atoms with van der Waals surface area (Å²) in [5, 5.41) is 15.1. The van der Waals surface area contributed by atoms with E-state index in [9.17, 15) is 0 Å². The van der Waals surface area contributed by atoms with Gasteiger partial charge < -0.3 is 5.73 Å². The molecule has 2 aromatic carbocycles. The maximum atomic E-state index is 6.10. The van der Waals surface area contributed by atoms with Crippen molar-refractivity contribution in [1.82, 2.24) is 20.0 Å². The summed E-state index contributed by atoms with van der Waals surface area (Å²) in [5.74, 6) is 0.521. The minimum absolute atomic E-state index is 0.521. The van der Waals surface area contributed by atoms with Gasteiger partial charge in [0.2, 0.25) is 5.13 Å². The zero-order chi connectivity index (χ0) is 16.5. The molecule has 0 bridgehead atoms. The molecule has 4 rings (SSSR count). The number of nitrogen functional groups attached to an aromatic ring is 1. The summed E-state index contributed by atoms with van der Waals surface area (Å²) in [5.41, 5.74) is 8.86. The first-order valence-electron chi connectivity index (χ1n) is 7.21. The number of hydrogen-bond donors (Lipinski definition) is 1. The number of aromatic nitrogens is 4.